The van der Waals surface area contributed by atoms with Crippen LogP contribution >= 0.6 is 0 Å². The van der Waals surface area contributed by atoms with Gasteiger partial charge in [0.25, 0.3) is 11.8 Å². The van der Waals surface area contributed by atoms with E-state index in [0.717, 1.165) is 18.4 Å². The molecule has 1 heterocycles. The molecule has 0 atom stereocenters. The van der Waals surface area contributed by atoms with Crippen LogP contribution in [0.3, 0.4) is 0 Å². The van der Waals surface area contributed by atoms with Gasteiger partial charge in [0.2, 0.25) is 0 Å². The molecular formula is C12H12N2O2. The lowest BCUT2D eigenvalue weighted by molar-refractivity contribution is 0.0642. The molecule has 0 unspecified atom stereocenters. The molecule has 1 saturated carbocycles. The van der Waals surface area contributed by atoms with Crippen LogP contribution in [-0.2, 0) is 6.54 Å². The fraction of sp³-hybridized carbons (Fsp3) is 0.333. The monoisotopic (exact) mass is 216 g/mol. The summed E-state index contributed by atoms with van der Waals surface area (Å²) in [4.78, 5) is 25.4. The summed E-state index contributed by atoms with van der Waals surface area (Å²) >= 11 is 0. The molecule has 0 bridgehead atoms. The number of carbonyl (C=O) groups is 2. The van der Waals surface area contributed by atoms with Crippen LogP contribution in [0.1, 0.15) is 39.1 Å². The van der Waals surface area contributed by atoms with Crippen molar-refractivity contribution in [3.8, 4) is 0 Å². The standard InChI is InChI=1S/C12H12N2O2/c13-6-7-1-4-9-10(5-7)12(16)14(11(9)15)8-2-3-8/h1,4-5,8H,2-3,6,13H2. The summed E-state index contributed by atoms with van der Waals surface area (Å²) in [5, 5.41) is 0. The summed E-state index contributed by atoms with van der Waals surface area (Å²) in [7, 11) is 0. The van der Waals surface area contributed by atoms with Gasteiger partial charge in [0.05, 0.1) is 11.1 Å². The Morgan fingerprint density at radius 2 is 1.88 bits per heavy atom. The van der Waals surface area contributed by atoms with Gasteiger partial charge in [0.15, 0.2) is 0 Å². The van der Waals surface area contributed by atoms with Crippen molar-refractivity contribution in [2.45, 2.75) is 25.4 Å². The molecule has 2 N–H and O–H groups in total. The number of amides is 2. The zero-order valence-corrected chi connectivity index (χ0v) is 8.77. The van der Waals surface area contributed by atoms with Crippen LogP contribution < -0.4 is 5.73 Å². The number of hydrogen-bond donors (Lipinski definition) is 1. The number of nitrogens with zero attached hydrogens (tertiary/aromatic N) is 1. The molecule has 2 amide bonds. The summed E-state index contributed by atoms with van der Waals surface area (Å²) in [6.07, 6.45) is 1.88. The molecule has 1 aliphatic heterocycles. The SMILES string of the molecule is NCc1ccc2c(c1)C(=O)N(C1CC1)C2=O. The van der Waals surface area contributed by atoms with Gasteiger partial charge < -0.3 is 5.73 Å². The van der Waals surface area contributed by atoms with Crippen LogP contribution in [0.15, 0.2) is 18.2 Å². The molecule has 1 aromatic rings. The van der Waals surface area contributed by atoms with Crippen molar-refractivity contribution in [3.05, 3.63) is 34.9 Å². The molecule has 1 aliphatic carbocycles. The Labute approximate surface area is 93.0 Å². The molecule has 0 radical (unpaired) electrons. The van der Waals surface area contributed by atoms with E-state index in [9.17, 15) is 9.59 Å². The number of carbonyl (C=O) groups excluding carboxylic acids is 2. The summed E-state index contributed by atoms with van der Waals surface area (Å²) in [5.74, 6) is -0.302. The highest BCUT2D eigenvalue weighted by Crippen LogP contribution is 2.34. The molecule has 4 nitrogen and oxygen atoms in total. The van der Waals surface area contributed by atoms with E-state index in [4.69, 9.17) is 5.73 Å². The Morgan fingerprint density at radius 1 is 1.19 bits per heavy atom. The number of hydrogen-bond acceptors (Lipinski definition) is 3. The highest BCUT2D eigenvalue weighted by molar-refractivity contribution is 6.21. The topological polar surface area (TPSA) is 63.4 Å². The third-order valence-electron chi connectivity index (χ3n) is 3.13. The second kappa shape index (κ2) is 3.15. The average molecular weight is 216 g/mol. The normalized spacial score (nSPS) is 19.2. The smallest absolute Gasteiger partial charge is 0.261 e. The molecule has 16 heavy (non-hydrogen) atoms. The minimum Gasteiger partial charge on any atom is -0.326 e. The fourth-order valence-corrected chi connectivity index (χ4v) is 2.10. The van der Waals surface area contributed by atoms with E-state index >= 15 is 0 Å². The molecule has 0 spiro atoms. The molecule has 3 rings (SSSR count). The predicted molar refractivity (Wildman–Crippen MR) is 57.9 cm³/mol. The number of fused-ring (bicyclic) bond motifs is 1. The first kappa shape index (κ1) is 9.54. The van der Waals surface area contributed by atoms with E-state index in [-0.39, 0.29) is 17.9 Å². The van der Waals surface area contributed by atoms with Crippen molar-refractivity contribution in [2.24, 2.45) is 5.73 Å². The maximum atomic E-state index is 12.0. The molecular weight excluding hydrogens is 204 g/mol. The fourth-order valence-electron chi connectivity index (χ4n) is 2.10. The van der Waals surface area contributed by atoms with Crippen molar-refractivity contribution in [2.75, 3.05) is 0 Å². The van der Waals surface area contributed by atoms with Gasteiger partial charge in [-0.1, -0.05) is 6.07 Å². The molecule has 4 heteroatoms. The van der Waals surface area contributed by atoms with Gasteiger partial charge in [-0.25, -0.2) is 0 Å². The Kier molecular flexibility index (Phi) is 1.88. The first-order valence-electron chi connectivity index (χ1n) is 5.43. The Hall–Kier alpha value is -1.68. The Bertz CT molecular complexity index is 492. The van der Waals surface area contributed by atoms with Gasteiger partial charge in [-0.3, -0.25) is 14.5 Å². The van der Waals surface area contributed by atoms with E-state index in [1.807, 2.05) is 0 Å². The van der Waals surface area contributed by atoms with Crippen LogP contribution in [-0.4, -0.2) is 22.8 Å². The van der Waals surface area contributed by atoms with Gasteiger partial charge in [-0.2, -0.15) is 0 Å². The van der Waals surface area contributed by atoms with Crippen molar-refractivity contribution in [3.63, 3.8) is 0 Å². The summed E-state index contributed by atoms with van der Waals surface area (Å²) in [6, 6.07) is 5.38. The van der Waals surface area contributed by atoms with Crippen LogP contribution in [0.5, 0.6) is 0 Å². The number of imide groups is 1. The molecule has 0 aromatic heterocycles. The number of benzene rings is 1. The van der Waals surface area contributed by atoms with Gasteiger partial charge in [-0.05, 0) is 30.5 Å². The molecule has 0 saturated heterocycles. The number of nitrogens with two attached hydrogens (primary N) is 1. The lowest BCUT2D eigenvalue weighted by Gasteiger charge is -2.11. The van der Waals surface area contributed by atoms with E-state index in [1.165, 1.54) is 4.90 Å². The lowest BCUT2D eigenvalue weighted by atomic mass is 10.1. The first-order valence-corrected chi connectivity index (χ1v) is 5.43. The van der Waals surface area contributed by atoms with Crippen LogP contribution in [0.2, 0.25) is 0 Å². The van der Waals surface area contributed by atoms with Gasteiger partial charge in [0, 0.05) is 12.6 Å². The minimum absolute atomic E-state index is 0.133. The largest absolute Gasteiger partial charge is 0.326 e. The highest BCUT2D eigenvalue weighted by Gasteiger charge is 2.44. The summed E-state index contributed by atoms with van der Waals surface area (Å²) in [6.45, 7) is 0.387. The van der Waals surface area contributed by atoms with Crippen molar-refractivity contribution in [1.29, 1.82) is 0 Å². The number of rotatable bonds is 2. The predicted octanol–water partition coefficient (Wildman–Crippen LogP) is 0.904. The van der Waals surface area contributed by atoms with Crippen LogP contribution in [0, 0.1) is 0 Å². The highest BCUT2D eigenvalue weighted by atomic mass is 16.2. The summed E-state index contributed by atoms with van der Waals surface area (Å²) < 4.78 is 0. The van der Waals surface area contributed by atoms with Crippen molar-refractivity contribution in [1.82, 2.24) is 4.90 Å². The first-order chi connectivity index (χ1) is 7.72. The zero-order chi connectivity index (χ0) is 11.3. The second-order valence-corrected chi connectivity index (χ2v) is 4.30. The Balaban J connectivity index is 2.07. The molecule has 1 fully saturated rings. The average Bonchev–Trinajstić information content (AvgIpc) is 3.09. The van der Waals surface area contributed by atoms with Crippen molar-refractivity contribution >= 4 is 11.8 Å². The quantitative estimate of drug-likeness (QED) is 0.747. The van der Waals surface area contributed by atoms with E-state index in [0.29, 0.717) is 17.7 Å². The minimum atomic E-state index is -0.155. The zero-order valence-electron chi connectivity index (χ0n) is 8.77. The Morgan fingerprint density at radius 3 is 2.50 bits per heavy atom. The molecule has 2 aliphatic rings. The van der Waals surface area contributed by atoms with Crippen LogP contribution in [0.25, 0.3) is 0 Å². The van der Waals surface area contributed by atoms with E-state index in [2.05, 4.69) is 0 Å². The van der Waals surface area contributed by atoms with E-state index in [1.54, 1.807) is 18.2 Å². The van der Waals surface area contributed by atoms with E-state index < -0.39 is 0 Å². The summed E-state index contributed by atoms with van der Waals surface area (Å²) in [5.41, 5.74) is 7.44. The maximum Gasteiger partial charge on any atom is 0.261 e. The van der Waals surface area contributed by atoms with Gasteiger partial charge in [-0.15, -0.1) is 0 Å². The van der Waals surface area contributed by atoms with Gasteiger partial charge >= 0.3 is 0 Å². The third kappa shape index (κ3) is 1.20. The lowest BCUT2D eigenvalue weighted by Crippen LogP contribution is -2.31. The molecule has 1 aromatic carbocycles. The van der Waals surface area contributed by atoms with Gasteiger partial charge in [0.1, 0.15) is 0 Å². The third-order valence-corrected chi connectivity index (χ3v) is 3.13. The second-order valence-electron chi connectivity index (χ2n) is 4.30. The van der Waals surface area contributed by atoms with Crippen LogP contribution in [0.4, 0.5) is 0 Å². The maximum absolute atomic E-state index is 12.0. The molecule has 82 valence electrons. The van der Waals surface area contributed by atoms with Crippen molar-refractivity contribution < 1.29 is 9.59 Å².